The van der Waals surface area contributed by atoms with E-state index in [1.54, 1.807) is 12.4 Å². The van der Waals surface area contributed by atoms with Crippen molar-refractivity contribution >= 4 is 21.9 Å². The molecule has 2 aromatic carbocycles. The first-order valence-electron chi connectivity index (χ1n) is 10.7. The third kappa shape index (κ3) is 3.09. The van der Waals surface area contributed by atoms with Gasteiger partial charge in [-0.1, -0.05) is 36.4 Å². The Hall–Kier alpha value is -3.57. The molecule has 152 valence electrons. The Morgan fingerprint density at radius 3 is 2.77 bits per heavy atom. The van der Waals surface area contributed by atoms with Crippen LogP contribution in [0, 0.1) is 6.92 Å². The molecule has 6 rings (SSSR count). The topological polar surface area (TPSA) is 57.7 Å². The van der Waals surface area contributed by atoms with Gasteiger partial charge in [0.2, 0.25) is 0 Å². The first-order chi connectivity index (χ1) is 15.3. The molecule has 5 aromatic rings. The summed E-state index contributed by atoms with van der Waals surface area (Å²) in [6.45, 7) is 3.82. The predicted octanol–water partition coefficient (Wildman–Crippen LogP) is 4.96. The number of pyridine rings is 1. The summed E-state index contributed by atoms with van der Waals surface area (Å²) in [6, 6.07) is 21.3. The van der Waals surface area contributed by atoms with E-state index in [0.717, 1.165) is 41.9 Å². The van der Waals surface area contributed by atoms with Crippen molar-refractivity contribution in [2.75, 3.05) is 6.54 Å². The Bertz CT molecular complexity index is 1400. The normalized spacial score (nSPS) is 16.6. The maximum absolute atomic E-state index is 4.93. The van der Waals surface area contributed by atoms with E-state index in [0.29, 0.717) is 0 Å². The zero-order chi connectivity index (χ0) is 20.8. The van der Waals surface area contributed by atoms with Gasteiger partial charge in [-0.05, 0) is 48.7 Å². The van der Waals surface area contributed by atoms with Crippen molar-refractivity contribution in [1.82, 2.24) is 24.8 Å². The Kier molecular flexibility index (Phi) is 4.28. The van der Waals surface area contributed by atoms with Crippen molar-refractivity contribution < 1.29 is 0 Å². The molecule has 3 aromatic heterocycles. The molecule has 0 saturated carbocycles. The van der Waals surface area contributed by atoms with E-state index in [9.17, 15) is 0 Å². The molecule has 0 aliphatic carbocycles. The van der Waals surface area contributed by atoms with Crippen LogP contribution in [0.15, 0.2) is 73.1 Å². The summed E-state index contributed by atoms with van der Waals surface area (Å²) in [7, 11) is 0. The average Bonchev–Trinajstić information content (AvgIpc) is 3.18. The van der Waals surface area contributed by atoms with E-state index < -0.39 is 0 Å². The molecule has 0 radical (unpaired) electrons. The highest BCUT2D eigenvalue weighted by Crippen LogP contribution is 2.38. The van der Waals surface area contributed by atoms with E-state index in [4.69, 9.17) is 4.98 Å². The fraction of sp³-hybridized carbons (Fsp3) is 0.192. The number of aromatic amines is 1. The molecule has 4 heterocycles. The Morgan fingerprint density at radius 1 is 0.968 bits per heavy atom. The van der Waals surface area contributed by atoms with Crippen LogP contribution in [-0.2, 0) is 13.0 Å². The Balaban J connectivity index is 1.49. The molecule has 1 aliphatic rings. The van der Waals surface area contributed by atoms with Crippen molar-refractivity contribution in [3.8, 4) is 0 Å². The van der Waals surface area contributed by atoms with Gasteiger partial charge < -0.3 is 4.98 Å². The van der Waals surface area contributed by atoms with Gasteiger partial charge in [-0.3, -0.25) is 19.9 Å². The zero-order valence-electron chi connectivity index (χ0n) is 17.4. The molecule has 0 fully saturated rings. The Morgan fingerprint density at radius 2 is 1.84 bits per heavy atom. The maximum Gasteiger partial charge on any atom is 0.0933 e. The highest BCUT2D eigenvalue weighted by molar-refractivity contribution is 5.85. The number of H-pyrrole nitrogens is 1. The second-order valence-corrected chi connectivity index (χ2v) is 8.23. The van der Waals surface area contributed by atoms with Crippen molar-refractivity contribution in [3.05, 3.63) is 101 Å². The summed E-state index contributed by atoms with van der Waals surface area (Å²) >= 11 is 0. The molecule has 1 atom stereocenters. The van der Waals surface area contributed by atoms with E-state index in [2.05, 4.69) is 81.4 Å². The second-order valence-electron chi connectivity index (χ2n) is 8.23. The van der Waals surface area contributed by atoms with Gasteiger partial charge in [-0.25, -0.2) is 0 Å². The summed E-state index contributed by atoms with van der Waals surface area (Å²) < 4.78 is 0. The zero-order valence-corrected chi connectivity index (χ0v) is 17.4. The third-order valence-electron chi connectivity index (χ3n) is 6.28. The van der Waals surface area contributed by atoms with Crippen molar-refractivity contribution in [2.45, 2.75) is 25.9 Å². The minimum atomic E-state index is 0.0722. The average molecular weight is 406 g/mol. The van der Waals surface area contributed by atoms with Crippen molar-refractivity contribution in [3.63, 3.8) is 0 Å². The molecule has 0 spiro atoms. The van der Waals surface area contributed by atoms with Crippen LogP contribution < -0.4 is 0 Å². The van der Waals surface area contributed by atoms with Crippen molar-refractivity contribution in [2.24, 2.45) is 0 Å². The maximum atomic E-state index is 4.93. The lowest BCUT2D eigenvalue weighted by atomic mass is 9.94. The summed E-state index contributed by atoms with van der Waals surface area (Å²) in [4.78, 5) is 20.3. The summed E-state index contributed by atoms with van der Waals surface area (Å²) in [6.07, 6.45) is 4.54. The van der Waals surface area contributed by atoms with Crippen LogP contribution >= 0.6 is 0 Å². The van der Waals surface area contributed by atoms with E-state index in [1.165, 1.54) is 27.7 Å². The van der Waals surface area contributed by atoms with Gasteiger partial charge in [0, 0.05) is 47.8 Å². The summed E-state index contributed by atoms with van der Waals surface area (Å²) in [5, 5.41) is 1.32. The minimum Gasteiger partial charge on any atom is -0.357 e. The van der Waals surface area contributed by atoms with Crippen LogP contribution in [0.3, 0.4) is 0 Å². The molecule has 1 N–H and O–H groups in total. The van der Waals surface area contributed by atoms with E-state index in [1.807, 2.05) is 6.07 Å². The molecular weight excluding hydrogens is 382 g/mol. The Labute approximate surface area is 180 Å². The second kappa shape index (κ2) is 7.29. The monoisotopic (exact) mass is 405 g/mol. The largest absolute Gasteiger partial charge is 0.357 e. The lowest BCUT2D eigenvalue weighted by Gasteiger charge is -2.35. The van der Waals surface area contributed by atoms with Crippen LogP contribution in [0.2, 0.25) is 0 Å². The molecule has 5 heteroatoms. The fourth-order valence-electron chi connectivity index (χ4n) is 4.91. The smallest absolute Gasteiger partial charge is 0.0933 e. The van der Waals surface area contributed by atoms with E-state index in [-0.39, 0.29) is 6.04 Å². The van der Waals surface area contributed by atoms with Crippen molar-refractivity contribution in [1.29, 1.82) is 0 Å². The van der Waals surface area contributed by atoms with Crippen LogP contribution in [-0.4, -0.2) is 31.4 Å². The van der Waals surface area contributed by atoms with Crippen LogP contribution in [0.1, 0.15) is 34.3 Å². The number of hydrogen-bond donors (Lipinski definition) is 1. The quantitative estimate of drug-likeness (QED) is 0.461. The molecule has 1 unspecified atom stereocenters. The lowest BCUT2D eigenvalue weighted by Crippen LogP contribution is -2.36. The molecular formula is C26H23N5. The summed E-state index contributed by atoms with van der Waals surface area (Å²) in [5.41, 5.74) is 9.10. The van der Waals surface area contributed by atoms with Gasteiger partial charge >= 0.3 is 0 Å². The molecule has 31 heavy (non-hydrogen) atoms. The number of para-hydroxylation sites is 2. The number of rotatable bonds is 3. The first kappa shape index (κ1) is 18.2. The number of aromatic nitrogens is 4. The van der Waals surface area contributed by atoms with Crippen LogP contribution in [0.5, 0.6) is 0 Å². The fourth-order valence-corrected chi connectivity index (χ4v) is 4.91. The number of nitrogens with one attached hydrogen (secondary N) is 1. The number of fused-ring (bicyclic) bond motifs is 4. The third-order valence-corrected chi connectivity index (χ3v) is 6.28. The van der Waals surface area contributed by atoms with Gasteiger partial charge in [0.25, 0.3) is 0 Å². The van der Waals surface area contributed by atoms with Gasteiger partial charge in [0.15, 0.2) is 0 Å². The SMILES string of the molecule is Cc1cccc(C2c3[nH]c4ccccc4c3CCN2Cc2cccc3nccnc23)n1. The number of aryl methyl sites for hydroxylation is 1. The number of nitrogens with zero attached hydrogens (tertiary/aromatic N) is 4. The minimum absolute atomic E-state index is 0.0722. The lowest BCUT2D eigenvalue weighted by molar-refractivity contribution is 0.199. The van der Waals surface area contributed by atoms with Gasteiger partial charge in [0.05, 0.1) is 22.8 Å². The van der Waals surface area contributed by atoms with Crippen LogP contribution in [0.25, 0.3) is 21.9 Å². The first-order valence-corrected chi connectivity index (χ1v) is 10.7. The standard InChI is InChI=1S/C26H23N5/c1-17-6-4-11-23(29-17)26-25-20(19-8-2-3-9-21(19)30-25)12-15-31(26)16-18-7-5-10-22-24(18)28-14-13-27-22/h2-11,13-14,26,30H,12,15-16H2,1H3. The highest BCUT2D eigenvalue weighted by Gasteiger charge is 2.32. The highest BCUT2D eigenvalue weighted by atomic mass is 15.2. The molecule has 0 saturated heterocycles. The van der Waals surface area contributed by atoms with Gasteiger partial charge in [-0.15, -0.1) is 0 Å². The number of benzene rings is 2. The molecule has 0 amide bonds. The van der Waals surface area contributed by atoms with Crippen LogP contribution in [0.4, 0.5) is 0 Å². The summed E-state index contributed by atoms with van der Waals surface area (Å²) in [5.74, 6) is 0. The molecule has 5 nitrogen and oxygen atoms in total. The van der Waals surface area contributed by atoms with Gasteiger partial charge in [0.1, 0.15) is 0 Å². The van der Waals surface area contributed by atoms with Gasteiger partial charge in [-0.2, -0.15) is 0 Å². The number of hydrogen-bond acceptors (Lipinski definition) is 4. The van der Waals surface area contributed by atoms with E-state index >= 15 is 0 Å². The predicted molar refractivity (Wildman–Crippen MR) is 123 cm³/mol. The molecule has 0 bridgehead atoms. The molecule has 1 aliphatic heterocycles.